The van der Waals surface area contributed by atoms with Crippen LogP contribution in [0.25, 0.3) is 0 Å². The molecule has 0 amide bonds. The lowest BCUT2D eigenvalue weighted by Gasteiger charge is -2.23. The molecule has 0 aliphatic heterocycles. The summed E-state index contributed by atoms with van der Waals surface area (Å²) < 4.78 is 1.78. The SMILES string of the molecule is Cc1ccn(CC(C)CNC(C)(C)C)c(=O)c1. The minimum atomic E-state index is 0.0904. The summed E-state index contributed by atoms with van der Waals surface area (Å²) in [7, 11) is 0. The summed E-state index contributed by atoms with van der Waals surface area (Å²) in [5.74, 6) is 0.439. The second-order valence-electron chi connectivity index (χ2n) is 5.93. The fourth-order valence-electron chi connectivity index (χ4n) is 1.64. The molecule has 0 fully saturated rings. The lowest BCUT2D eigenvalue weighted by molar-refractivity contribution is 0.358. The zero-order valence-corrected chi connectivity index (χ0v) is 11.6. The highest BCUT2D eigenvalue weighted by molar-refractivity contribution is 5.08. The van der Waals surface area contributed by atoms with Gasteiger partial charge in [-0.3, -0.25) is 4.79 Å². The number of aromatic nitrogens is 1. The van der Waals surface area contributed by atoms with Crippen LogP contribution in [0.1, 0.15) is 33.3 Å². The van der Waals surface area contributed by atoms with Crippen LogP contribution in [-0.4, -0.2) is 16.7 Å². The van der Waals surface area contributed by atoms with Crippen molar-refractivity contribution in [2.75, 3.05) is 6.54 Å². The first kappa shape index (κ1) is 14.0. The molecule has 1 aromatic rings. The van der Waals surface area contributed by atoms with Gasteiger partial charge in [-0.05, 0) is 51.8 Å². The fraction of sp³-hybridized carbons (Fsp3) is 0.643. The van der Waals surface area contributed by atoms with Gasteiger partial charge in [0.1, 0.15) is 0 Å². The summed E-state index contributed by atoms with van der Waals surface area (Å²) in [5, 5.41) is 3.46. The zero-order chi connectivity index (χ0) is 13.1. The van der Waals surface area contributed by atoms with Gasteiger partial charge in [0.2, 0.25) is 0 Å². The predicted molar refractivity (Wildman–Crippen MR) is 72.4 cm³/mol. The average molecular weight is 236 g/mol. The molecule has 3 heteroatoms. The minimum Gasteiger partial charge on any atom is -0.315 e. The van der Waals surface area contributed by atoms with Crippen molar-refractivity contribution in [2.45, 2.75) is 46.7 Å². The molecule has 17 heavy (non-hydrogen) atoms. The van der Waals surface area contributed by atoms with Crippen LogP contribution in [0.15, 0.2) is 23.1 Å². The molecular formula is C14H24N2O. The molecule has 0 aromatic carbocycles. The topological polar surface area (TPSA) is 34.0 Å². The summed E-state index contributed by atoms with van der Waals surface area (Å²) in [6.07, 6.45) is 1.88. The molecule has 0 radical (unpaired) electrons. The van der Waals surface area contributed by atoms with E-state index in [-0.39, 0.29) is 11.1 Å². The van der Waals surface area contributed by atoms with Gasteiger partial charge in [-0.25, -0.2) is 0 Å². The van der Waals surface area contributed by atoms with E-state index in [1.165, 1.54) is 0 Å². The van der Waals surface area contributed by atoms with Crippen LogP contribution in [0, 0.1) is 12.8 Å². The van der Waals surface area contributed by atoms with Crippen LogP contribution in [0.5, 0.6) is 0 Å². The van der Waals surface area contributed by atoms with Crippen LogP contribution >= 0.6 is 0 Å². The van der Waals surface area contributed by atoms with Crippen molar-refractivity contribution in [2.24, 2.45) is 5.92 Å². The van der Waals surface area contributed by atoms with E-state index >= 15 is 0 Å². The molecular weight excluding hydrogens is 212 g/mol. The van der Waals surface area contributed by atoms with Gasteiger partial charge in [0, 0.05) is 24.3 Å². The highest BCUT2D eigenvalue weighted by atomic mass is 16.1. The van der Waals surface area contributed by atoms with Crippen LogP contribution in [0.3, 0.4) is 0 Å². The Balaban J connectivity index is 2.56. The number of hydrogen-bond acceptors (Lipinski definition) is 2. The Morgan fingerprint density at radius 2 is 2.06 bits per heavy atom. The molecule has 0 aliphatic rings. The lowest BCUT2D eigenvalue weighted by Crippen LogP contribution is -2.40. The molecule has 0 saturated heterocycles. The van der Waals surface area contributed by atoms with E-state index in [0.29, 0.717) is 5.92 Å². The maximum absolute atomic E-state index is 11.7. The van der Waals surface area contributed by atoms with Crippen molar-refractivity contribution in [1.82, 2.24) is 9.88 Å². The quantitative estimate of drug-likeness (QED) is 0.869. The highest BCUT2D eigenvalue weighted by Gasteiger charge is 2.11. The molecule has 1 rings (SSSR count). The Labute approximate surface area is 104 Å². The third kappa shape index (κ3) is 5.18. The normalized spacial score (nSPS) is 13.7. The van der Waals surface area contributed by atoms with Crippen LogP contribution in [0.4, 0.5) is 0 Å². The fourth-order valence-corrected chi connectivity index (χ4v) is 1.64. The van der Waals surface area contributed by atoms with Gasteiger partial charge < -0.3 is 9.88 Å². The van der Waals surface area contributed by atoms with Gasteiger partial charge in [0.25, 0.3) is 5.56 Å². The number of aryl methyl sites for hydroxylation is 1. The number of pyridine rings is 1. The first-order valence-corrected chi connectivity index (χ1v) is 6.20. The molecule has 1 aromatic heterocycles. The lowest BCUT2D eigenvalue weighted by atomic mass is 10.1. The molecule has 0 spiro atoms. The van der Waals surface area contributed by atoms with Gasteiger partial charge in [-0.15, -0.1) is 0 Å². The Morgan fingerprint density at radius 3 is 2.59 bits per heavy atom. The Hall–Kier alpha value is -1.09. The van der Waals surface area contributed by atoms with Gasteiger partial charge in [-0.2, -0.15) is 0 Å². The van der Waals surface area contributed by atoms with Gasteiger partial charge in [0.05, 0.1) is 0 Å². The molecule has 1 unspecified atom stereocenters. The maximum atomic E-state index is 11.7. The van der Waals surface area contributed by atoms with Gasteiger partial charge in [-0.1, -0.05) is 6.92 Å². The average Bonchev–Trinajstić information content (AvgIpc) is 2.18. The highest BCUT2D eigenvalue weighted by Crippen LogP contribution is 2.03. The van der Waals surface area contributed by atoms with Crippen molar-refractivity contribution in [1.29, 1.82) is 0 Å². The molecule has 1 N–H and O–H groups in total. The van der Waals surface area contributed by atoms with Crippen molar-refractivity contribution >= 4 is 0 Å². The predicted octanol–water partition coefficient (Wildman–Crippen LogP) is 2.18. The van der Waals surface area contributed by atoms with Crippen molar-refractivity contribution in [3.8, 4) is 0 Å². The number of rotatable bonds is 4. The van der Waals surface area contributed by atoms with Crippen LogP contribution in [0.2, 0.25) is 0 Å². The molecule has 0 bridgehead atoms. The number of nitrogens with zero attached hydrogens (tertiary/aromatic N) is 1. The molecule has 0 aliphatic carbocycles. The van der Waals surface area contributed by atoms with Gasteiger partial charge in [0.15, 0.2) is 0 Å². The van der Waals surface area contributed by atoms with Crippen LogP contribution in [-0.2, 0) is 6.54 Å². The third-order valence-corrected chi connectivity index (χ3v) is 2.64. The van der Waals surface area contributed by atoms with Crippen molar-refractivity contribution < 1.29 is 0 Å². The summed E-state index contributed by atoms with van der Waals surface area (Å²) in [4.78, 5) is 11.7. The second kappa shape index (κ2) is 5.50. The first-order chi connectivity index (χ1) is 7.78. The second-order valence-corrected chi connectivity index (χ2v) is 5.93. The summed E-state index contributed by atoms with van der Waals surface area (Å²) in [5.41, 5.74) is 1.24. The van der Waals surface area contributed by atoms with E-state index in [1.807, 2.05) is 19.2 Å². The molecule has 0 saturated carbocycles. The van der Waals surface area contributed by atoms with E-state index in [4.69, 9.17) is 0 Å². The number of hydrogen-bond donors (Lipinski definition) is 1. The van der Waals surface area contributed by atoms with E-state index in [9.17, 15) is 4.79 Å². The van der Waals surface area contributed by atoms with E-state index in [1.54, 1.807) is 10.6 Å². The third-order valence-electron chi connectivity index (χ3n) is 2.64. The zero-order valence-electron chi connectivity index (χ0n) is 11.6. The minimum absolute atomic E-state index is 0.0904. The summed E-state index contributed by atoms with van der Waals surface area (Å²) in [6, 6.07) is 3.66. The maximum Gasteiger partial charge on any atom is 0.250 e. The molecule has 3 nitrogen and oxygen atoms in total. The summed E-state index contributed by atoms with van der Waals surface area (Å²) >= 11 is 0. The van der Waals surface area contributed by atoms with E-state index in [2.05, 4.69) is 33.0 Å². The van der Waals surface area contributed by atoms with Gasteiger partial charge >= 0.3 is 0 Å². The first-order valence-electron chi connectivity index (χ1n) is 6.20. The largest absolute Gasteiger partial charge is 0.315 e. The molecule has 1 atom stereocenters. The number of nitrogens with one attached hydrogen (secondary N) is 1. The van der Waals surface area contributed by atoms with Crippen molar-refractivity contribution in [3.05, 3.63) is 34.2 Å². The van der Waals surface area contributed by atoms with E-state index in [0.717, 1.165) is 18.7 Å². The Kier molecular flexibility index (Phi) is 4.52. The smallest absolute Gasteiger partial charge is 0.250 e. The Morgan fingerprint density at radius 1 is 1.41 bits per heavy atom. The Bertz CT molecular complexity index is 415. The molecule has 96 valence electrons. The van der Waals surface area contributed by atoms with Crippen LogP contribution < -0.4 is 10.9 Å². The van der Waals surface area contributed by atoms with Crippen molar-refractivity contribution in [3.63, 3.8) is 0 Å². The summed E-state index contributed by atoms with van der Waals surface area (Å²) in [6.45, 7) is 12.2. The standard InChI is InChI=1S/C14H24N2O/c1-11-6-7-16(13(17)8-11)10-12(2)9-15-14(3,4)5/h6-8,12,15H,9-10H2,1-5H3. The monoisotopic (exact) mass is 236 g/mol. The molecule has 1 heterocycles. The van der Waals surface area contributed by atoms with E-state index < -0.39 is 0 Å².